The Morgan fingerprint density at radius 2 is 1.31 bits per heavy atom. The van der Waals surface area contributed by atoms with E-state index in [1.54, 1.807) is 0 Å². The molecule has 0 bridgehead atoms. The number of nitrogens with one attached hydrogen (secondary N) is 1. The summed E-state index contributed by atoms with van der Waals surface area (Å²) in [6, 6.07) is 50.0. The van der Waals surface area contributed by atoms with E-state index >= 15 is 0 Å². The molecule has 0 radical (unpaired) electrons. The number of H-pyrrole nitrogens is 1. The number of hydrogen-bond donors (Lipinski definition) is 1. The molecule has 0 fully saturated rings. The molecule has 51 heavy (non-hydrogen) atoms. The van der Waals surface area contributed by atoms with Crippen LogP contribution in [-0.2, 0) is 16.7 Å². The van der Waals surface area contributed by atoms with Gasteiger partial charge in [-0.2, -0.15) is 0 Å². The van der Waals surface area contributed by atoms with Gasteiger partial charge in [0.15, 0.2) is 5.82 Å². The molecule has 1 N–H and O–H groups in total. The molecule has 0 atom stereocenters. The summed E-state index contributed by atoms with van der Waals surface area (Å²) in [6.07, 6.45) is 5.56. The molecule has 2 aromatic heterocycles. The molecule has 0 aliphatic heterocycles. The highest BCUT2D eigenvalue weighted by Gasteiger charge is 2.42. The lowest BCUT2D eigenvalue weighted by atomic mass is 9.77. The molecule has 0 unspecified atom stereocenters. The van der Waals surface area contributed by atoms with E-state index in [4.69, 9.17) is 15.0 Å². The van der Waals surface area contributed by atoms with E-state index in [0.717, 1.165) is 56.6 Å². The van der Waals surface area contributed by atoms with Crippen molar-refractivity contribution in [3.8, 4) is 22.5 Å². The fraction of sp³-hybridized carbons (Fsp3) is 0.136. The maximum atomic E-state index is 12.8. The van der Waals surface area contributed by atoms with Crippen LogP contribution < -0.4 is 0 Å². The number of tetrazole rings is 1. The zero-order valence-corrected chi connectivity index (χ0v) is 28.7. The summed E-state index contributed by atoms with van der Waals surface area (Å²) in [4.78, 5) is 16.1. The van der Waals surface area contributed by atoms with Gasteiger partial charge in [0, 0.05) is 11.3 Å². The lowest BCUT2D eigenvalue weighted by Gasteiger charge is -2.36. The normalized spacial score (nSPS) is 11.6. The highest BCUT2D eigenvalue weighted by molar-refractivity contribution is 5.90. The van der Waals surface area contributed by atoms with Gasteiger partial charge < -0.3 is 9.72 Å². The van der Waals surface area contributed by atoms with Crippen molar-refractivity contribution < 1.29 is 9.53 Å². The molecule has 0 saturated carbocycles. The summed E-state index contributed by atoms with van der Waals surface area (Å²) < 4.78 is 7.32. The van der Waals surface area contributed by atoms with Gasteiger partial charge in [0.25, 0.3) is 0 Å². The van der Waals surface area contributed by atoms with Crippen molar-refractivity contribution in [3.05, 3.63) is 191 Å². The molecule has 0 aliphatic carbocycles. The minimum Gasteiger partial charge on any atom is -0.461 e. The number of ether oxygens (including phenoxy) is 1. The number of esters is 1. The lowest BCUT2D eigenvalue weighted by molar-refractivity contribution is 0.0519. The highest BCUT2D eigenvalue weighted by atomic mass is 16.5. The van der Waals surface area contributed by atoms with Crippen LogP contribution in [0.15, 0.2) is 152 Å². The number of rotatable bonds is 12. The van der Waals surface area contributed by atoms with Gasteiger partial charge in [-0.3, -0.25) is 0 Å². The Bertz CT molecular complexity index is 2140. The van der Waals surface area contributed by atoms with Gasteiger partial charge in [-0.15, -0.1) is 5.10 Å². The van der Waals surface area contributed by atoms with Gasteiger partial charge in [-0.25, -0.2) is 9.48 Å². The van der Waals surface area contributed by atoms with E-state index in [1.165, 1.54) is 0 Å². The molecule has 0 saturated heterocycles. The quantitative estimate of drug-likeness (QED) is 0.104. The second kappa shape index (κ2) is 15.0. The molecular formula is C44H39N5O2. The third-order valence-corrected chi connectivity index (χ3v) is 9.12. The molecule has 0 aliphatic rings. The summed E-state index contributed by atoms with van der Waals surface area (Å²) in [5, 5.41) is 13.8. The van der Waals surface area contributed by atoms with Crippen LogP contribution in [0.4, 0.5) is 0 Å². The number of aromatic nitrogens is 5. The molecule has 252 valence electrons. The van der Waals surface area contributed by atoms with Gasteiger partial charge in [-0.1, -0.05) is 153 Å². The van der Waals surface area contributed by atoms with Gasteiger partial charge in [0.2, 0.25) is 0 Å². The predicted molar refractivity (Wildman–Crippen MR) is 202 cm³/mol. The largest absolute Gasteiger partial charge is 0.461 e. The smallest absolute Gasteiger partial charge is 0.355 e. The topological polar surface area (TPSA) is 85.7 Å². The summed E-state index contributed by atoms with van der Waals surface area (Å²) >= 11 is 0. The molecule has 7 nitrogen and oxygen atoms in total. The molecule has 2 heterocycles. The third kappa shape index (κ3) is 6.54. The zero-order valence-electron chi connectivity index (χ0n) is 28.7. The molecule has 7 aromatic rings. The number of aromatic amines is 1. The molecule has 0 amide bonds. The number of carbonyl (C=O) groups excluding carboxylic acids is 1. The van der Waals surface area contributed by atoms with Crippen LogP contribution in [0.5, 0.6) is 0 Å². The molecule has 7 heteroatoms. The highest BCUT2D eigenvalue weighted by Crippen LogP contribution is 2.43. The SMILES string of the molecule is CCC=Cc1cc(Cc2ccc(-c3ccccc3-c3nnnn3C(c3ccccc3)(c3ccccc3)c3ccccc3)cc2)c(C(=O)OCC)[nH]1. The van der Waals surface area contributed by atoms with Crippen LogP contribution in [0.25, 0.3) is 28.6 Å². The summed E-state index contributed by atoms with van der Waals surface area (Å²) in [5.41, 5.74) is 8.55. The molecular weight excluding hydrogens is 631 g/mol. The minimum atomic E-state index is -0.863. The van der Waals surface area contributed by atoms with Crippen molar-refractivity contribution in [1.82, 2.24) is 25.2 Å². The summed E-state index contributed by atoms with van der Waals surface area (Å²) in [7, 11) is 0. The first-order chi connectivity index (χ1) is 25.1. The second-order valence-corrected chi connectivity index (χ2v) is 12.3. The first kappa shape index (κ1) is 33.2. The fourth-order valence-electron chi connectivity index (χ4n) is 6.82. The number of nitrogens with zero attached hydrogens (tertiary/aromatic N) is 4. The van der Waals surface area contributed by atoms with Crippen LogP contribution in [-0.4, -0.2) is 37.8 Å². The maximum Gasteiger partial charge on any atom is 0.355 e. The van der Waals surface area contributed by atoms with Crippen LogP contribution in [0, 0.1) is 0 Å². The Balaban J connectivity index is 1.31. The Morgan fingerprint density at radius 1 is 0.745 bits per heavy atom. The van der Waals surface area contributed by atoms with Crippen molar-refractivity contribution in [2.24, 2.45) is 0 Å². The van der Waals surface area contributed by atoms with Gasteiger partial charge in [0.05, 0.1) is 6.61 Å². The van der Waals surface area contributed by atoms with Crippen molar-refractivity contribution in [3.63, 3.8) is 0 Å². The van der Waals surface area contributed by atoms with Gasteiger partial charge in [-0.05, 0) is 81.3 Å². The molecule has 0 spiro atoms. The van der Waals surface area contributed by atoms with Gasteiger partial charge >= 0.3 is 5.97 Å². The van der Waals surface area contributed by atoms with E-state index in [-0.39, 0.29) is 5.97 Å². The first-order valence-corrected chi connectivity index (χ1v) is 17.3. The lowest BCUT2D eigenvalue weighted by Crippen LogP contribution is -2.39. The summed E-state index contributed by atoms with van der Waals surface area (Å²) in [5.74, 6) is 0.301. The van der Waals surface area contributed by atoms with Crippen molar-refractivity contribution in [2.75, 3.05) is 6.61 Å². The maximum absolute atomic E-state index is 12.8. The molecule has 7 rings (SSSR count). The first-order valence-electron chi connectivity index (χ1n) is 17.3. The monoisotopic (exact) mass is 669 g/mol. The van der Waals surface area contributed by atoms with Crippen LogP contribution >= 0.6 is 0 Å². The zero-order chi connectivity index (χ0) is 35.0. The average molecular weight is 670 g/mol. The third-order valence-electron chi connectivity index (χ3n) is 9.12. The Labute approximate surface area is 298 Å². The van der Waals surface area contributed by atoms with E-state index < -0.39 is 5.54 Å². The van der Waals surface area contributed by atoms with E-state index in [1.807, 2.05) is 54.1 Å². The molecule has 5 aromatic carbocycles. The van der Waals surface area contributed by atoms with E-state index in [0.29, 0.717) is 24.5 Å². The van der Waals surface area contributed by atoms with Crippen molar-refractivity contribution in [1.29, 1.82) is 0 Å². The number of benzene rings is 5. The van der Waals surface area contributed by atoms with Crippen LogP contribution in [0.1, 0.15) is 64.3 Å². The van der Waals surface area contributed by atoms with Crippen molar-refractivity contribution >= 4 is 12.0 Å². The Kier molecular flexibility index (Phi) is 9.79. The van der Waals surface area contributed by atoms with Crippen molar-refractivity contribution in [2.45, 2.75) is 32.2 Å². The fourth-order valence-corrected chi connectivity index (χ4v) is 6.82. The van der Waals surface area contributed by atoms with Gasteiger partial charge in [0.1, 0.15) is 11.2 Å². The number of carbonyl (C=O) groups is 1. The predicted octanol–water partition coefficient (Wildman–Crippen LogP) is 9.37. The summed E-state index contributed by atoms with van der Waals surface area (Å²) in [6.45, 7) is 4.22. The Hall–Kier alpha value is -6.34. The average Bonchev–Trinajstić information content (AvgIpc) is 3.84. The van der Waals surface area contributed by atoms with Crippen LogP contribution in [0.3, 0.4) is 0 Å². The second-order valence-electron chi connectivity index (χ2n) is 12.3. The standard InChI is InChI=1S/C44H39N5O2/c1-3-5-23-38-31-34(41(45-38)43(50)51-4-2)30-32-26-28-33(29-27-32)39-24-15-16-25-40(39)42-46-47-48-49(42)44(35-17-9-6-10-18-35,36-19-11-7-12-20-36)37-21-13-8-14-22-37/h5-29,31,45H,3-4,30H2,1-2H3. The number of allylic oxidation sites excluding steroid dienone is 1. The minimum absolute atomic E-state index is 0.317. The Morgan fingerprint density at radius 3 is 1.88 bits per heavy atom. The van der Waals surface area contributed by atoms with E-state index in [9.17, 15) is 4.79 Å². The number of hydrogen-bond acceptors (Lipinski definition) is 5. The van der Waals surface area contributed by atoms with Crippen LogP contribution in [0.2, 0.25) is 0 Å². The van der Waals surface area contributed by atoms with E-state index in [2.05, 4.69) is 132 Å².